The van der Waals surface area contributed by atoms with E-state index in [0.717, 1.165) is 10.2 Å². The summed E-state index contributed by atoms with van der Waals surface area (Å²) in [7, 11) is 3.81. The Morgan fingerprint density at radius 2 is 1.90 bits per heavy atom. The summed E-state index contributed by atoms with van der Waals surface area (Å²) in [6.45, 7) is 1.29. The minimum absolute atomic E-state index is 0.115. The summed E-state index contributed by atoms with van der Waals surface area (Å²) in [6.07, 6.45) is 4.71. The third-order valence-electron chi connectivity index (χ3n) is 4.90. The average Bonchev–Trinajstić information content (AvgIpc) is 2.74. The first-order valence-corrected chi connectivity index (χ1v) is 9.96. The molecule has 0 atom stereocenters. The molecule has 1 fully saturated rings. The van der Waals surface area contributed by atoms with Gasteiger partial charge in [0.15, 0.2) is 0 Å². The number of rotatable bonds is 5. The number of nitrogens with zero attached hydrogens (tertiary/aromatic N) is 6. The second-order valence-electron chi connectivity index (χ2n) is 6.96. The van der Waals surface area contributed by atoms with Gasteiger partial charge in [0.2, 0.25) is 12.2 Å². The fraction of sp³-hybridized carbons (Fsp3) is 0.350. The Morgan fingerprint density at radius 1 is 1.24 bits per heavy atom. The van der Waals surface area contributed by atoms with Gasteiger partial charge in [0.25, 0.3) is 5.91 Å². The Kier molecular flexibility index (Phi) is 6.44. The standard InChI is InChI=1S/C20H21BrN6O2/c1-25(2)17-4-3-15(21)9-18(17)27(19(29)13-28)16-5-7-26(8-6-16)20-23-11-14(10-22)12-24-20/h3-4,9,11-13,16H,5-8H2,1-2H3. The van der Waals surface area contributed by atoms with E-state index in [1.807, 2.05) is 48.2 Å². The highest BCUT2D eigenvalue weighted by molar-refractivity contribution is 9.10. The van der Waals surface area contributed by atoms with Gasteiger partial charge in [0.05, 0.1) is 29.3 Å². The minimum atomic E-state index is -0.556. The largest absolute Gasteiger partial charge is 0.376 e. The van der Waals surface area contributed by atoms with Crippen LogP contribution in [0.5, 0.6) is 0 Å². The molecule has 1 aromatic carbocycles. The maximum atomic E-state index is 12.6. The lowest BCUT2D eigenvalue weighted by Gasteiger charge is -2.39. The summed E-state index contributed by atoms with van der Waals surface area (Å²) in [5.74, 6) is 0.00595. The van der Waals surface area contributed by atoms with Gasteiger partial charge in [-0.25, -0.2) is 9.97 Å². The molecule has 0 bridgehead atoms. The molecule has 8 nitrogen and oxygen atoms in total. The van der Waals surface area contributed by atoms with E-state index in [1.165, 1.54) is 12.4 Å². The molecule has 0 radical (unpaired) electrons. The van der Waals surface area contributed by atoms with Gasteiger partial charge in [0, 0.05) is 37.7 Å². The van der Waals surface area contributed by atoms with Crippen molar-refractivity contribution in [2.75, 3.05) is 41.9 Å². The average molecular weight is 457 g/mol. The van der Waals surface area contributed by atoms with Crippen LogP contribution in [0.15, 0.2) is 35.1 Å². The quantitative estimate of drug-likeness (QED) is 0.503. The lowest BCUT2D eigenvalue weighted by molar-refractivity contribution is -0.129. The zero-order valence-electron chi connectivity index (χ0n) is 16.2. The number of piperidine rings is 1. The van der Waals surface area contributed by atoms with Crippen LogP contribution in [0.25, 0.3) is 0 Å². The number of benzene rings is 1. The Labute approximate surface area is 177 Å². The topological polar surface area (TPSA) is 93.4 Å². The zero-order valence-corrected chi connectivity index (χ0v) is 17.8. The number of carbonyl (C=O) groups excluding carboxylic acids is 2. The predicted octanol–water partition coefficient (Wildman–Crippen LogP) is 2.38. The van der Waals surface area contributed by atoms with Gasteiger partial charge in [-0.15, -0.1) is 0 Å². The van der Waals surface area contributed by atoms with E-state index in [4.69, 9.17) is 5.26 Å². The SMILES string of the molecule is CN(C)c1ccc(Br)cc1N(C(=O)C=O)C1CCN(c2ncc(C#N)cn2)CC1. The number of nitriles is 1. The van der Waals surface area contributed by atoms with Crippen LogP contribution >= 0.6 is 15.9 Å². The molecule has 0 spiro atoms. The molecule has 1 aromatic heterocycles. The molecule has 0 saturated carbocycles. The summed E-state index contributed by atoms with van der Waals surface area (Å²) >= 11 is 3.47. The van der Waals surface area contributed by atoms with E-state index in [-0.39, 0.29) is 6.04 Å². The summed E-state index contributed by atoms with van der Waals surface area (Å²) < 4.78 is 0.838. The fourth-order valence-electron chi connectivity index (χ4n) is 3.49. The molecule has 0 unspecified atom stereocenters. The molecule has 29 heavy (non-hydrogen) atoms. The Morgan fingerprint density at radius 3 is 2.45 bits per heavy atom. The smallest absolute Gasteiger partial charge is 0.291 e. The molecule has 9 heteroatoms. The molecule has 0 N–H and O–H groups in total. The highest BCUT2D eigenvalue weighted by Crippen LogP contribution is 2.35. The molecule has 0 aliphatic carbocycles. The number of aromatic nitrogens is 2. The number of carbonyl (C=O) groups is 2. The molecule has 2 heterocycles. The van der Waals surface area contributed by atoms with Gasteiger partial charge in [-0.1, -0.05) is 15.9 Å². The monoisotopic (exact) mass is 456 g/mol. The summed E-state index contributed by atoms with van der Waals surface area (Å²) in [4.78, 5) is 38.0. The van der Waals surface area contributed by atoms with Crippen molar-refractivity contribution < 1.29 is 9.59 Å². The van der Waals surface area contributed by atoms with Crippen LogP contribution in [0.2, 0.25) is 0 Å². The fourth-order valence-corrected chi connectivity index (χ4v) is 3.84. The van der Waals surface area contributed by atoms with E-state index in [1.54, 1.807) is 4.90 Å². The highest BCUT2D eigenvalue weighted by Gasteiger charge is 2.31. The van der Waals surface area contributed by atoms with Gasteiger partial charge in [-0.2, -0.15) is 5.26 Å². The lowest BCUT2D eigenvalue weighted by atomic mass is 10.0. The van der Waals surface area contributed by atoms with E-state index in [0.29, 0.717) is 49.4 Å². The molecule has 1 aliphatic rings. The Hall–Kier alpha value is -2.99. The minimum Gasteiger partial charge on any atom is -0.376 e. The summed E-state index contributed by atoms with van der Waals surface area (Å²) in [5, 5.41) is 8.88. The third-order valence-corrected chi connectivity index (χ3v) is 5.39. The van der Waals surface area contributed by atoms with Crippen LogP contribution in [0.4, 0.5) is 17.3 Å². The Bertz CT molecular complexity index is 933. The van der Waals surface area contributed by atoms with Crippen LogP contribution in [-0.4, -0.2) is 55.4 Å². The summed E-state index contributed by atoms with van der Waals surface area (Å²) in [6, 6.07) is 7.59. The molecule has 2 aromatic rings. The van der Waals surface area contributed by atoms with Crippen molar-refractivity contribution in [1.82, 2.24) is 9.97 Å². The van der Waals surface area contributed by atoms with Crippen LogP contribution in [0.1, 0.15) is 18.4 Å². The van der Waals surface area contributed by atoms with Crippen molar-refractivity contribution in [3.05, 3.63) is 40.6 Å². The molecule has 150 valence electrons. The predicted molar refractivity (Wildman–Crippen MR) is 114 cm³/mol. The van der Waals surface area contributed by atoms with Crippen molar-refractivity contribution in [1.29, 1.82) is 5.26 Å². The van der Waals surface area contributed by atoms with Gasteiger partial charge < -0.3 is 14.7 Å². The van der Waals surface area contributed by atoms with Crippen molar-refractivity contribution in [2.45, 2.75) is 18.9 Å². The van der Waals surface area contributed by atoms with E-state index < -0.39 is 5.91 Å². The second kappa shape index (κ2) is 9.01. The van der Waals surface area contributed by atoms with E-state index in [9.17, 15) is 9.59 Å². The van der Waals surface area contributed by atoms with Crippen molar-refractivity contribution in [2.24, 2.45) is 0 Å². The van der Waals surface area contributed by atoms with Crippen LogP contribution in [0.3, 0.4) is 0 Å². The molecule has 3 rings (SSSR count). The molecular weight excluding hydrogens is 436 g/mol. The number of anilines is 3. The van der Waals surface area contributed by atoms with E-state index >= 15 is 0 Å². The van der Waals surface area contributed by atoms with Gasteiger partial charge in [0.1, 0.15) is 6.07 Å². The van der Waals surface area contributed by atoms with Crippen molar-refractivity contribution in [3.8, 4) is 6.07 Å². The molecule has 1 saturated heterocycles. The number of hydrogen-bond acceptors (Lipinski definition) is 7. The maximum Gasteiger partial charge on any atom is 0.291 e. The number of aldehydes is 1. The zero-order chi connectivity index (χ0) is 21.0. The maximum absolute atomic E-state index is 12.6. The molecule has 1 aliphatic heterocycles. The van der Waals surface area contributed by atoms with Crippen LogP contribution in [0, 0.1) is 11.3 Å². The highest BCUT2D eigenvalue weighted by atomic mass is 79.9. The Balaban J connectivity index is 1.83. The van der Waals surface area contributed by atoms with E-state index in [2.05, 4.69) is 25.9 Å². The first-order chi connectivity index (χ1) is 13.9. The normalized spacial score (nSPS) is 14.2. The van der Waals surface area contributed by atoms with Crippen LogP contribution in [-0.2, 0) is 9.59 Å². The van der Waals surface area contributed by atoms with Crippen molar-refractivity contribution in [3.63, 3.8) is 0 Å². The number of halogens is 1. The van der Waals surface area contributed by atoms with Crippen LogP contribution < -0.4 is 14.7 Å². The van der Waals surface area contributed by atoms with Gasteiger partial charge >= 0.3 is 0 Å². The first-order valence-electron chi connectivity index (χ1n) is 9.17. The second-order valence-corrected chi connectivity index (χ2v) is 7.87. The van der Waals surface area contributed by atoms with Gasteiger partial charge in [-0.3, -0.25) is 9.59 Å². The molecule has 1 amide bonds. The third kappa shape index (κ3) is 4.54. The lowest BCUT2D eigenvalue weighted by Crippen LogP contribution is -2.48. The molecular formula is C20H21BrN6O2. The van der Waals surface area contributed by atoms with Gasteiger partial charge in [-0.05, 0) is 31.0 Å². The first kappa shape index (κ1) is 20.7. The van der Waals surface area contributed by atoms with Crippen molar-refractivity contribution >= 4 is 45.4 Å². The summed E-state index contributed by atoms with van der Waals surface area (Å²) in [5.41, 5.74) is 1.98. The number of hydrogen-bond donors (Lipinski definition) is 0. The number of amides is 1.